The Bertz CT molecular complexity index is 638. The fraction of sp³-hybridized carbons (Fsp3) is 0.333. The van der Waals surface area contributed by atoms with Crippen LogP contribution in [0.1, 0.15) is 39.8 Å². The van der Waals surface area contributed by atoms with Crippen LogP contribution in [-0.2, 0) is 19.4 Å². The van der Waals surface area contributed by atoms with Crippen LogP contribution in [0.2, 0.25) is 0 Å². The number of halogens is 3. The quantitative estimate of drug-likeness (QED) is 0.398. The molecule has 118 valence electrons. The van der Waals surface area contributed by atoms with Crippen molar-refractivity contribution < 1.29 is 4.74 Å². The largest absolute Gasteiger partial charge is 0.489 e. The molecular weight excluding hydrogens is 472 g/mol. The summed E-state index contributed by atoms with van der Waals surface area (Å²) in [4.78, 5) is 0. The fourth-order valence-electron chi connectivity index (χ4n) is 2.31. The van der Waals surface area contributed by atoms with Crippen LogP contribution < -0.4 is 4.74 Å². The summed E-state index contributed by atoms with van der Waals surface area (Å²) in [7, 11) is 0. The van der Waals surface area contributed by atoms with E-state index in [4.69, 9.17) is 4.74 Å². The Balaban J connectivity index is 2.25. The van der Waals surface area contributed by atoms with Gasteiger partial charge in [0.1, 0.15) is 12.4 Å². The zero-order valence-electron chi connectivity index (χ0n) is 12.7. The van der Waals surface area contributed by atoms with Gasteiger partial charge in [-0.3, -0.25) is 0 Å². The van der Waals surface area contributed by atoms with Crippen molar-refractivity contribution in [1.29, 1.82) is 0 Å². The summed E-state index contributed by atoms with van der Waals surface area (Å²) in [6, 6.07) is 12.8. The van der Waals surface area contributed by atoms with Gasteiger partial charge in [0.25, 0.3) is 0 Å². The topological polar surface area (TPSA) is 9.23 Å². The molecule has 2 aromatic rings. The molecule has 0 saturated heterocycles. The minimum absolute atomic E-state index is 0.124. The monoisotopic (exact) mass is 488 g/mol. The molecule has 0 aliphatic carbocycles. The lowest BCUT2D eigenvalue weighted by Crippen LogP contribution is -2.02. The highest BCUT2D eigenvalue weighted by molar-refractivity contribution is 9.24. The highest BCUT2D eigenvalue weighted by Crippen LogP contribution is 2.34. The van der Waals surface area contributed by atoms with Crippen LogP contribution in [0.5, 0.6) is 5.75 Å². The van der Waals surface area contributed by atoms with E-state index in [1.807, 2.05) is 6.07 Å². The average molecular weight is 491 g/mol. The van der Waals surface area contributed by atoms with Crippen LogP contribution in [0.3, 0.4) is 0 Å². The lowest BCUT2D eigenvalue weighted by atomic mass is 10.1. The molecule has 0 atom stereocenters. The molecule has 2 aromatic carbocycles. The molecular formula is C18H19Br3O. The summed E-state index contributed by atoms with van der Waals surface area (Å²) >= 11 is 10.7. The summed E-state index contributed by atoms with van der Waals surface area (Å²) in [6.45, 7) is 4.88. The fourth-order valence-corrected chi connectivity index (χ4v) is 3.61. The summed E-state index contributed by atoms with van der Waals surface area (Å²) < 4.78 is 7.33. The van der Waals surface area contributed by atoms with E-state index < -0.39 is 0 Å². The lowest BCUT2D eigenvalue weighted by molar-refractivity contribution is 0.302. The number of benzene rings is 2. The van der Waals surface area contributed by atoms with Gasteiger partial charge >= 0.3 is 0 Å². The van der Waals surface area contributed by atoms with Crippen molar-refractivity contribution in [2.45, 2.75) is 37.0 Å². The lowest BCUT2D eigenvalue weighted by Gasteiger charge is -2.15. The second-order valence-electron chi connectivity index (χ2n) is 5.08. The number of hydrogen-bond acceptors (Lipinski definition) is 1. The summed E-state index contributed by atoms with van der Waals surface area (Å²) in [5.74, 6) is 0.994. The molecule has 0 aliphatic heterocycles. The predicted octanol–water partition coefficient (Wildman–Crippen LogP) is 6.94. The molecule has 22 heavy (non-hydrogen) atoms. The first-order chi connectivity index (χ1) is 10.5. The number of aryl methyl sites for hydroxylation is 2. The molecule has 2 rings (SSSR count). The van der Waals surface area contributed by atoms with Gasteiger partial charge in [0.2, 0.25) is 0 Å². The van der Waals surface area contributed by atoms with E-state index >= 15 is 0 Å². The molecule has 0 saturated carbocycles. The summed E-state index contributed by atoms with van der Waals surface area (Å²) in [5.41, 5.74) is 4.91. The first-order valence-electron chi connectivity index (χ1n) is 7.36. The minimum Gasteiger partial charge on any atom is -0.489 e. The summed E-state index contributed by atoms with van der Waals surface area (Å²) in [5, 5.41) is 0. The maximum atomic E-state index is 6.14. The maximum Gasteiger partial charge on any atom is 0.123 e. The maximum absolute atomic E-state index is 6.14. The third-order valence-corrected chi connectivity index (χ3v) is 5.12. The van der Waals surface area contributed by atoms with Gasteiger partial charge in [-0.05, 0) is 53.3 Å². The summed E-state index contributed by atoms with van der Waals surface area (Å²) in [6.07, 6.45) is 2.00. The number of hydrogen-bond donors (Lipinski definition) is 0. The van der Waals surface area contributed by atoms with E-state index in [-0.39, 0.29) is 3.74 Å². The van der Waals surface area contributed by atoms with Crippen molar-refractivity contribution >= 4 is 47.8 Å². The predicted molar refractivity (Wildman–Crippen MR) is 104 cm³/mol. The third kappa shape index (κ3) is 4.59. The van der Waals surface area contributed by atoms with Crippen LogP contribution in [0.25, 0.3) is 0 Å². The molecule has 0 amide bonds. The molecule has 1 nitrogen and oxygen atoms in total. The zero-order valence-corrected chi connectivity index (χ0v) is 17.5. The van der Waals surface area contributed by atoms with Gasteiger partial charge in [-0.1, -0.05) is 79.8 Å². The molecule has 0 N–H and O–H groups in total. The SMILES string of the molecule is CCc1ccc(CC)c(OCc2cc(Br)ccc2C(Br)Br)c1. The van der Waals surface area contributed by atoms with Crippen LogP contribution >= 0.6 is 47.8 Å². The molecule has 0 radical (unpaired) electrons. The van der Waals surface area contributed by atoms with Crippen molar-refractivity contribution in [1.82, 2.24) is 0 Å². The van der Waals surface area contributed by atoms with Crippen molar-refractivity contribution in [2.24, 2.45) is 0 Å². The van der Waals surface area contributed by atoms with Crippen LogP contribution in [0.4, 0.5) is 0 Å². The van der Waals surface area contributed by atoms with Gasteiger partial charge in [0.15, 0.2) is 0 Å². The van der Waals surface area contributed by atoms with E-state index in [0.717, 1.165) is 28.6 Å². The first kappa shape index (κ1) is 18.0. The molecule has 4 heteroatoms. The van der Waals surface area contributed by atoms with Gasteiger partial charge in [0, 0.05) is 4.47 Å². The Kier molecular flexibility index (Phi) is 6.97. The Hall–Kier alpha value is -0.320. The number of ether oxygens (including phenoxy) is 1. The standard InChI is InChI=1S/C18H19Br3O/c1-3-12-5-6-13(4-2)17(9-12)22-11-14-10-15(19)7-8-16(14)18(20)21/h5-10,18H,3-4,11H2,1-2H3. The Morgan fingerprint density at radius 3 is 2.36 bits per heavy atom. The first-order valence-corrected chi connectivity index (χ1v) is 9.98. The van der Waals surface area contributed by atoms with Gasteiger partial charge in [0.05, 0.1) is 3.74 Å². The highest BCUT2D eigenvalue weighted by atomic mass is 79.9. The van der Waals surface area contributed by atoms with E-state index in [0.29, 0.717) is 6.61 Å². The van der Waals surface area contributed by atoms with Crippen LogP contribution in [0, 0.1) is 0 Å². The normalized spacial score (nSPS) is 11.0. The second-order valence-corrected chi connectivity index (χ2v) is 9.06. The van der Waals surface area contributed by atoms with E-state index in [9.17, 15) is 0 Å². The number of rotatable bonds is 6. The Labute approximate surface area is 157 Å². The Morgan fingerprint density at radius 1 is 0.955 bits per heavy atom. The molecule has 0 heterocycles. The molecule has 0 bridgehead atoms. The van der Waals surface area contributed by atoms with E-state index in [1.165, 1.54) is 16.7 Å². The van der Waals surface area contributed by atoms with Crippen molar-refractivity contribution in [2.75, 3.05) is 0 Å². The zero-order chi connectivity index (χ0) is 16.1. The number of alkyl halides is 2. The van der Waals surface area contributed by atoms with Gasteiger partial charge in [-0.15, -0.1) is 0 Å². The Morgan fingerprint density at radius 2 is 1.73 bits per heavy atom. The molecule has 0 fully saturated rings. The van der Waals surface area contributed by atoms with Gasteiger partial charge < -0.3 is 4.74 Å². The van der Waals surface area contributed by atoms with Crippen molar-refractivity contribution in [3.8, 4) is 5.75 Å². The third-order valence-electron chi connectivity index (χ3n) is 3.64. The van der Waals surface area contributed by atoms with Crippen molar-refractivity contribution in [3.05, 3.63) is 63.1 Å². The molecule has 0 unspecified atom stereocenters. The average Bonchev–Trinajstić information content (AvgIpc) is 2.52. The smallest absolute Gasteiger partial charge is 0.123 e. The van der Waals surface area contributed by atoms with Gasteiger partial charge in [-0.2, -0.15) is 0 Å². The van der Waals surface area contributed by atoms with Gasteiger partial charge in [-0.25, -0.2) is 0 Å². The minimum atomic E-state index is 0.124. The van der Waals surface area contributed by atoms with Crippen LogP contribution in [0.15, 0.2) is 40.9 Å². The molecule has 0 spiro atoms. The molecule has 0 aliphatic rings. The van der Waals surface area contributed by atoms with Crippen LogP contribution in [-0.4, -0.2) is 0 Å². The highest BCUT2D eigenvalue weighted by Gasteiger charge is 2.11. The second kappa shape index (κ2) is 8.51. The van der Waals surface area contributed by atoms with E-state index in [1.54, 1.807) is 0 Å². The molecule has 0 aromatic heterocycles. The van der Waals surface area contributed by atoms with Crippen molar-refractivity contribution in [3.63, 3.8) is 0 Å². The van der Waals surface area contributed by atoms with E-state index in [2.05, 4.69) is 92.0 Å².